The lowest BCUT2D eigenvalue weighted by molar-refractivity contribution is 0.388. The van der Waals surface area contributed by atoms with Crippen LogP contribution in [0.1, 0.15) is 87.2 Å². The second-order valence-electron chi connectivity index (χ2n) is 10.7. The molecule has 2 aliphatic carbocycles. The molecule has 4 aromatic carbocycles. The third-order valence-corrected chi connectivity index (χ3v) is 8.08. The Morgan fingerprint density at radius 1 is 0.667 bits per heavy atom. The van der Waals surface area contributed by atoms with Crippen LogP contribution in [-0.4, -0.2) is 20.7 Å². The van der Waals surface area contributed by atoms with Gasteiger partial charge < -0.3 is 9.84 Å². The Kier molecular flexibility index (Phi) is 16.5. The minimum absolute atomic E-state index is 0.194. The smallest absolute Gasteiger partial charge is 0.369 e. The van der Waals surface area contributed by atoms with Crippen LogP contribution in [0.3, 0.4) is 0 Å². The average molecular weight is 802 g/mol. The summed E-state index contributed by atoms with van der Waals surface area (Å²) in [5, 5.41) is 15.3. The van der Waals surface area contributed by atoms with Crippen molar-refractivity contribution in [2.45, 2.75) is 76.0 Å². The highest BCUT2D eigenvalue weighted by Crippen LogP contribution is 2.40. The largest absolute Gasteiger partial charge is 0.508 e. The molecule has 0 spiro atoms. The number of alkyl halides is 2. The molecule has 2 fully saturated rings. The topological polar surface area (TPSA) is 29.5 Å². The third kappa shape index (κ3) is 11.2. The van der Waals surface area contributed by atoms with E-state index in [1.54, 1.807) is 7.11 Å². The number of phenolic OH excluding ortho intramolecular Hbond substituents is 1. The van der Waals surface area contributed by atoms with Crippen molar-refractivity contribution in [2.75, 3.05) is 12.4 Å². The van der Waals surface area contributed by atoms with Crippen molar-refractivity contribution in [1.29, 1.82) is 0 Å². The fourth-order valence-corrected chi connectivity index (χ4v) is 6.13. The van der Waals surface area contributed by atoms with E-state index in [1.807, 2.05) is 12.1 Å². The molecule has 2 aliphatic rings. The fraction of sp³-hybridized carbons (Fsp3) is 0.412. The molecule has 0 bridgehead atoms. The Morgan fingerprint density at radius 2 is 1.02 bits per heavy atom. The molecule has 0 heterocycles. The van der Waals surface area contributed by atoms with Crippen LogP contribution >= 0.6 is 70.5 Å². The van der Waals surface area contributed by atoms with Gasteiger partial charge in [-0.05, 0) is 94.5 Å². The van der Waals surface area contributed by atoms with E-state index in [4.69, 9.17) is 27.9 Å². The van der Waals surface area contributed by atoms with Crippen molar-refractivity contribution >= 4 is 95.2 Å². The number of hydrogen-bond acceptors (Lipinski definition) is 2. The Morgan fingerprint density at radius 3 is 1.45 bits per heavy atom. The van der Waals surface area contributed by atoms with Gasteiger partial charge in [-0.25, -0.2) is 0 Å². The van der Waals surface area contributed by atoms with Gasteiger partial charge in [-0.2, -0.15) is 0 Å². The Hall–Kier alpha value is -0.915. The number of methoxy groups -OCH3 is 1. The highest BCUT2D eigenvalue weighted by molar-refractivity contribution is 9.69. The van der Waals surface area contributed by atoms with Crippen LogP contribution in [0.5, 0.6) is 11.5 Å². The maximum absolute atomic E-state index is 10.2. The van der Waals surface area contributed by atoms with E-state index >= 15 is 0 Å². The number of hydrogen-bond donors (Lipinski definition) is 1. The predicted molar refractivity (Wildman–Crippen MR) is 197 cm³/mol. The molecule has 2 nitrogen and oxygen atoms in total. The lowest BCUT2D eigenvalue weighted by Crippen LogP contribution is -2.06. The molecule has 4 aromatic rings. The lowest BCUT2D eigenvalue weighted by Gasteiger charge is -2.24. The first-order valence-corrected chi connectivity index (χ1v) is 18.5. The second kappa shape index (κ2) is 19.5. The molecule has 226 valence electrons. The summed E-state index contributed by atoms with van der Waals surface area (Å²) in [6.45, 7) is 0. The molecule has 0 aromatic heterocycles. The molecule has 8 heteroatoms. The van der Waals surface area contributed by atoms with Crippen molar-refractivity contribution in [1.82, 2.24) is 0 Å². The number of fused-ring (bicyclic) bond motifs is 2. The zero-order chi connectivity index (χ0) is 30.3. The Balaban J connectivity index is 0.000000190. The highest BCUT2D eigenvalue weighted by Gasteiger charge is 2.20. The van der Waals surface area contributed by atoms with Gasteiger partial charge in [0.2, 0.25) is 0 Å². The first-order chi connectivity index (χ1) is 20.4. The lowest BCUT2D eigenvalue weighted by atomic mass is 9.83. The molecule has 1 N–H and O–H groups in total. The summed E-state index contributed by atoms with van der Waals surface area (Å²) in [4.78, 5) is 0. The molecule has 42 heavy (non-hydrogen) atoms. The van der Waals surface area contributed by atoms with E-state index in [-0.39, 0.29) is 8.52 Å². The number of halogens is 5. The Bertz CT molecular complexity index is 1360. The number of rotatable bonds is 3. The van der Waals surface area contributed by atoms with Gasteiger partial charge in [0.15, 0.2) is 0 Å². The van der Waals surface area contributed by atoms with E-state index in [2.05, 4.69) is 108 Å². The van der Waals surface area contributed by atoms with Gasteiger partial charge in [-0.15, -0.1) is 70.5 Å². The van der Waals surface area contributed by atoms with Crippen molar-refractivity contribution in [2.24, 2.45) is 0 Å². The average Bonchev–Trinajstić information content (AvgIpc) is 3.01. The molecule has 2 saturated carbocycles. The number of phenols is 1. The number of aromatic hydroxyl groups is 1. The van der Waals surface area contributed by atoms with Crippen LogP contribution in [0.15, 0.2) is 72.8 Å². The summed E-state index contributed by atoms with van der Waals surface area (Å²) >= 11 is 18.8. The maximum Gasteiger partial charge on any atom is 0.369 e. The normalized spacial score (nSPS) is 15.4. The minimum Gasteiger partial charge on any atom is -0.508 e. The summed E-state index contributed by atoms with van der Waals surface area (Å²) in [5.41, 5.74) is 2.57. The van der Waals surface area contributed by atoms with E-state index in [9.17, 15) is 5.11 Å². The number of ether oxygens (including phenoxy) is 1. The molecule has 6 rings (SSSR count). The first kappa shape index (κ1) is 35.6. The van der Waals surface area contributed by atoms with Crippen LogP contribution in [0.4, 0.5) is 0 Å². The number of benzene rings is 4. The van der Waals surface area contributed by atoms with Gasteiger partial charge in [0.05, 0.1) is 12.4 Å². The summed E-state index contributed by atoms with van der Waals surface area (Å²) in [7, 11) is 1.79. The van der Waals surface area contributed by atoms with Crippen LogP contribution < -0.4 is 4.74 Å². The predicted octanol–water partition coefficient (Wildman–Crippen LogP) is 13.1. The van der Waals surface area contributed by atoms with E-state index in [0.717, 1.165) is 16.7 Å². The molecule has 0 amide bonds. The summed E-state index contributed by atoms with van der Waals surface area (Å²) < 4.78 is 5.88. The van der Waals surface area contributed by atoms with E-state index in [0.29, 0.717) is 17.6 Å². The van der Waals surface area contributed by atoms with Crippen LogP contribution in [-0.2, 0) is 0 Å². The minimum atomic E-state index is 0.194. The van der Waals surface area contributed by atoms with Crippen LogP contribution in [0.25, 0.3) is 21.5 Å². The second-order valence-corrected chi connectivity index (χ2v) is 18.0. The maximum atomic E-state index is 10.2. The summed E-state index contributed by atoms with van der Waals surface area (Å²) in [6, 6.07) is 25.4. The molecule has 0 radical (unpaired) electrons. The standard InChI is InChI=1S/C17H20O.C16H18O.CH2Cl2.BBr3/c1-18-17-12-15-10-6-5-9-14(15)11-16(17)13-7-3-2-4-8-13;17-16-11-14-9-5-4-8-13(14)10-15(16)12-6-2-1-3-7-12;2-1-3;2-1(3)4/h5-6,9-13H,2-4,7-8H2,1H3;4-5,8-12,17H,1-3,6-7H2;1H2;. The third-order valence-electron chi connectivity index (χ3n) is 8.08. The van der Waals surface area contributed by atoms with Gasteiger partial charge in [0.25, 0.3) is 0 Å². The zero-order valence-electron chi connectivity index (χ0n) is 24.2. The van der Waals surface area contributed by atoms with Crippen LogP contribution in [0.2, 0.25) is 0 Å². The van der Waals surface area contributed by atoms with Gasteiger partial charge >= 0.3 is 3.18 Å². The molecule has 0 atom stereocenters. The molecule has 0 saturated heterocycles. The van der Waals surface area contributed by atoms with Gasteiger partial charge in [0.1, 0.15) is 11.5 Å². The fourth-order valence-electron chi connectivity index (χ4n) is 6.13. The SMILES string of the molecule is BrB(Br)Br.COc1cc2ccccc2cc1C1CCCCC1.ClCCl.Oc1cc2ccccc2cc1C1CCCCC1. The highest BCUT2D eigenvalue weighted by atomic mass is 79.9. The van der Waals surface area contributed by atoms with E-state index < -0.39 is 0 Å². The van der Waals surface area contributed by atoms with Gasteiger partial charge in [-0.3, -0.25) is 0 Å². The Labute approximate surface area is 286 Å². The van der Waals surface area contributed by atoms with Crippen molar-refractivity contribution in [3.8, 4) is 11.5 Å². The van der Waals surface area contributed by atoms with Crippen molar-refractivity contribution in [3.05, 3.63) is 83.9 Å². The molecule has 0 unspecified atom stereocenters. The molecular formula is C34H40BBr3Cl2O2. The van der Waals surface area contributed by atoms with Gasteiger partial charge in [-0.1, -0.05) is 87.1 Å². The summed E-state index contributed by atoms with van der Waals surface area (Å²) in [6.07, 6.45) is 13.2. The molecular weight excluding hydrogens is 762 g/mol. The first-order valence-electron chi connectivity index (χ1n) is 14.7. The zero-order valence-corrected chi connectivity index (χ0v) is 30.5. The van der Waals surface area contributed by atoms with Crippen molar-refractivity contribution in [3.63, 3.8) is 0 Å². The molecule has 0 aliphatic heterocycles. The van der Waals surface area contributed by atoms with E-state index in [1.165, 1.54) is 85.9 Å². The van der Waals surface area contributed by atoms with Crippen LogP contribution in [0, 0.1) is 0 Å². The quantitative estimate of drug-likeness (QED) is 0.165. The van der Waals surface area contributed by atoms with Crippen molar-refractivity contribution < 1.29 is 9.84 Å². The van der Waals surface area contributed by atoms with Gasteiger partial charge in [0, 0.05) is 0 Å². The monoisotopic (exact) mass is 798 g/mol. The summed E-state index contributed by atoms with van der Waals surface area (Å²) in [5.74, 6) is 2.81.